The van der Waals surface area contributed by atoms with Crippen LogP contribution in [-0.2, 0) is 16.6 Å². The van der Waals surface area contributed by atoms with Crippen molar-refractivity contribution in [1.82, 2.24) is 4.31 Å². The Morgan fingerprint density at radius 2 is 1.88 bits per heavy atom. The van der Waals surface area contributed by atoms with Crippen molar-refractivity contribution in [1.29, 1.82) is 0 Å². The van der Waals surface area contributed by atoms with Gasteiger partial charge in [-0.05, 0) is 43.5 Å². The molecule has 1 heterocycles. The lowest BCUT2D eigenvalue weighted by molar-refractivity contribution is 0.282. The summed E-state index contributed by atoms with van der Waals surface area (Å²) in [5.41, 5.74) is 2.88. The third-order valence-electron chi connectivity index (χ3n) is 4.77. The fourth-order valence-electron chi connectivity index (χ4n) is 3.29. The fraction of sp³-hybridized carbons (Fsp3) is 0.368. The summed E-state index contributed by atoms with van der Waals surface area (Å²) in [7, 11) is -3.52. The predicted octanol–water partition coefficient (Wildman–Crippen LogP) is 3.41. The van der Waals surface area contributed by atoms with Gasteiger partial charge >= 0.3 is 0 Å². The van der Waals surface area contributed by atoms with Crippen molar-refractivity contribution in [3.05, 3.63) is 58.6 Å². The van der Waals surface area contributed by atoms with E-state index in [1.807, 2.05) is 25.1 Å². The highest BCUT2D eigenvalue weighted by atomic mass is 35.5. The number of piperidine rings is 1. The Balaban J connectivity index is 1.68. The quantitative estimate of drug-likeness (QED) is 0.815. The summed E-state index contributed by atoms with van der Waals surface area (Å²) in [6.07, 6.45) is 1.41. The molecule has 1 aliphatic rings. The molecule has 0 spiro atoms. The largest absolute Gasteiger partial charge is 0.392 e. The minimum absolute atomic E-state index is 0.0218. The first-order valence-corrected chi connectivity index (χ1v) is 10.4. The molecule has 0 unspecified atom stereocenters. The fourth-order valence-corrected chi connectivity index (χ4v) is 5.06. The molecule has 5 nitrogen and oxygen atoms in total. The first kappa shape index (κ1) is 19.2. The number of hydrogen-bond donors (Lipinski definition) is 2. The van der Waals surface area contributed by atoms with Crippen molar-refractivity contribution in [3.63, 3.8) is 0 Å². The topological polar surface area (TPSA) is 69.6 Å². The van der Waals surface area contributed by atoms with Crippen molar-refractivity contribution >= 4 is 27.3 Å². The van der Waals surface area contributed by atoms with E-state index in [1.54, 1.807) is 18.2 Å². The van der Waals surface area contributed by atoms with E-state index in [0.29, 0.717) is 31.0 Å². The number of sulfonamides is 1. The van der Waals surface area contributed by atoms with Crippen molar-refractivity contribution in [2.24, 2.45) is 0 Å². The Labute approximate surface area is 159 Å². The first-order chi connectivity index (χ1) is 12.4. The molecule has 7 heteroatoms. The number of aliphatic hydroxyl groups excluding tert-OH is 1. The average Bonchev–Trinajstić information content (AvgIpc) is 2.64. The normalized spacial score (nSPS) is 16.6. The molecule has 1 aliphatic heterocycles. The summed E-state index contributed by atoms with van der Waals surface area (Å²) in [5.74, 6) is 0. The zero-order chi connectivity index (χ0) is 18.7. The first-order valence-electron chi connectivity index (χ1n) is 8.63. The van der Waals surface area contributed by atoms with Crippen LogP contribution in [0.1, 0.15) is 24.0 Å². The number of benzene rings is 2. The molecule has 2 aromatic carbocycles. The van der Waals surface area contributed by atoms with E-state index in [-0.39, 0.29) is 17.5 Å². The Bertz CT molecular complexity index is 878. The molecule has 26 heavy (non-hydrogen) atoms. The van der Waals surface area contributed by atoms with Gasteiger partial charge in [-0.25, -0.2) is 8.42 Å². The van der Waals surface area contributed by atoms with Crippen LogP contribution < -0.4 is 5.32 Å². The summed E-state index contributed by atoms with van der Waals surface area (Å²) >= 11 is 5.93. The predicted molar refractivity (Wildman–Crippen MR) is 104 cm³/mol. The minimum atomic E-state index is -3.52. The van der Waals surface area contributed by atoms with E-state index >= 15 is 0 Å². The van der Waals surface area contributed by atoms with Crippen LogP contribution in [0, 0.1) is 6.92 Å². The second kappa shape index (κ2) is 7.96. The van der Waals surface area contributed by atoms with E-state index in [9.17, 15) is 13.5 Å². The molecule has 0 bridgehead atoms. The highest BCUT2D eigenvalue weighted by molar-refractivity contribution is 7.89. The molecule has 140 valence electrons. The van der Waals surface area contributed by atoms with E-state index < -0.39 is 10.0 Å². The number of nitrogens with one attached hydrogen (secondary N) is 1. The van der Waals surface area contributed by atoms with Gasteiger partial charge in [-0.15, -0.1) is 0 Å². The summed E-state index contributed by atoms with van der Waals surface area (Å²) in [4.78, 5) is 0.234. The van der Waals surface area contributed by atoms with E-state index in [2.05, 4.69) is 5.32 Å². The second-order valence-corrected chi connectivity index (χ2v) is 8.92. The van der Waals surface area contributed by atoms with Crippen molar-refractivity contribution in [3.8, 4) is 0 Å². The zero-order valence-electron chi connectivity index (χ0n) is 14.7. The lowest BCUT2D eigenvalue weighted by atomic mass is 10.0. The van der Waals surface area contributed by atoms with Crippen molar-refractivity contribution in [2.75, 3.05) is 18.4 Å². The van der Waals surface area contributed by atoms with Crippen LogP contribution in [0.25, 0.3) is 0 Å². The molecule has 1 saturated heterocycles. The molecule has 2 aromatic rings. The zero-order valence-corrected chi connectivity index (χ0v) is 16.2. The molecular weight excluding hydrogens is 372 g/mol. The molecule has 0 saturated carbocycles. The van der Waals surface area contributed by atoms with Crippen LogP contribution in [0.4, 0.5) is 5.69 Å². The molecule has 0 aromatic heterocycles. The van der Waals surface area contributed by atoms with Crippen molar-refractivity contribution in [2.45, 2.75) is 37.3 Å². The number of nitrogens with zero attached hydrogens (tertiary/aromatic N) is 1. The van der Waals surface area contributed by atoms with Gasteiger partial charge in [0, 0.05) is 35.4 Å². The molecule has 0 aliphatic carbocycles. The van der Waals surface area contributed by atoms with Crippen LogP contribution in [-0.4, -0.2) is 37.0 Å². The van der Waals surface area contributed by atoms with E-state index in [0.717, 1.165) is 16.8 Å². The molecule has 0 radical (unpaired) electrons. The summed E-state index contributed by atoms with van der Waals surface area (Å²) < 4.78 is 27.1. The molecule has 1 fully saturated rings. The van der Waals surface area contributed by atoms with Gasteiger partial charge in [0.1, 0.15) is 0 Å². The van der Waals surface area contributed by atoms with Crippen molar-refractivity contribution < 1.29 is 13.5 Å². The number of aryl methyl sites for hydroxylation is 1. The van der Waals surface area contributed by atoms with Gasteiger partial charge in [0.05, 0.1) is 11.5 Å². The molecule has 3 rings (SSSR count). The molecule has 0 atom stereocenters. The number of rotatable bonds is 5. The van der Waals surface area contributed by atoms with Gasteiger partial charge in [0.2, 0.25) is 10.0 Å². The molecule has 0 amide bonds. The maximum absolute atomic E-state index is 12.8. The van der Waals surface area contributed by atoms with Gasteiger partial charge < -0.3 is 10.4 Å². The van der Waals surface area contributed by atoms with E-state index in [4.69, 9.17) is 11.6 Å². The third kappa shape index (κ3) is 4.04. The number of hydrogen-bond acceptors (Lipinski definition) is 4. The van der Waals surface area contributed by atoms with Crippen LogP contribution >= 0.6 is 11.6 Å². The van der Waals surface area contributed by atoms with E-state index in [1.165, 1.54) is 10.4 Å². The highest BCUT2D eigenvalue weighted by Gasteiger charge is 2.29. The van der Waals surface area contributed by atoms with Crippen LogP contribution in [0.15, 0.2) is 47.4 Å². The van der Waals surface area contributed by atoms with Gasteiger partial charge in [-0.2, -0.15) is 4.31 Å². The van der Waals surface area contributed by atoms with Crippen LogP contribution in [0.2, 0.25) is 5.02 Å². The summed E-state index contributed by atoms with van der Waals surface area (Å²) in [6.45, 7) is 2.88. The lowest BCUT2D eigenvalue weighted by Gasteiger charge is -2.33. The smallest absolute Gasteiger partial charge is 0.243 e. The Morgan fingerprint density at radius 3 is 2.54 bits per heavy atom. The summed E-state index contributed by atoms with van der Waals surface area (Å²) in [6, 6.07) is 12.4. The minimum Gasteiger partial charge on any atom is -0.392 e. The Morgan fingerprint density at radius 1 is 1.19 bits per heavy atom. The molecular formula is C19H23ClN2O3S. The standard InChI is InChI=1S/C19H23ClN2O3S/c1-14-4-2-5-15(13-23)19(14)21-17-8-10-22(11-9-17)26(24,25)18-7-3-6-16(20)12-18/h2-7,12,17,21,23H,8-11,13H2,1H3. The SMILES string of the molecule is Cc1cccc(CO)c1NC1CCN(S(=O)(=O)c2cccc(Cl)c2)CC1. The number of aliphatic hydroxyl groups is 1. The average molecular weight is 395 g/mol. The number of halogens is 1. The maximum atomic E-state index is 12.8. The van der Waals surface area contributed by atoms with Gasteiger partial charge in [-0.3, -0.25) is 0 Å². The Kier molecular flexibility index (Phi) is 5.87. The highest BCUT2D eigenvalue weighted by Crippen LogP contribution is 2.27. The number of para-hydroxylation sites is 1. The molecule has 2 N–H and O–H groups in total. The van der Waals surface area contributed by atoms with Gasteiger partial charge in [-0.1, -0.05) is 35.9 Å². The third-order valence-corrected chi connectivity index (χ3v) is 6.90. The summed E-state index contributed by atoms with van der Waals surface area (Å²) in [5, 5.41) is 13.4. The second-order valence-electron chi connectivity index (χ2n) is 6.55. The van der Waals surface area contributed by atoms with Crippen LogP contribution in [0.5, 0.6) is 0 Å². The van der Waals surface area contributed by atoms with Gasteiger partial charge in [0.15, 0.2) is 0 Å². The van der Waals surface area contributed by atoms with Crippen LogP contribution in [0.3, 0.4) is 0 Å². The Hall–Kier alpha value is -1.60. The lowest BCUT2D eigenvalue weighted by Crippen LogP contribution is -2.42. The van der Waals surface area contributed by atoms with Gasteiger partial charge in [0.25, 0.3) is 0 Å². The maximum Gasteiger partial charge on any atom is 0.243 e. The number of anilines is 1. The monoisotopic (exact) mass is 394 g/mol.